The highest BCUT2D eigenvalue weighted by molar-refractivity contribution is 5.93. The predicted octanol–water partition coefficient (Wildman–Crippen LogP) is 1.56. The summed E-state index contributed by atoms with van der Waals surface area (Å²) in [6, 6.07) is 13.7. The molecular formula is C29H36N4O5. The van der Waals surface area contributed by atoms with Crippen LogP contribution in [-0.2, 0) is 32.0 Å². The minimum Gasteiger partial charge on any atom is -0.508 e. The molecule has 0 saturated carbocycles. The number of hydrogen-bond donors (Lipinski definition) is 3. The van der Waals surface area contributed by atoms with E-state index in [0.29, 0.717) is 38.8 Å². The van der Waals surface area contributed by atoms with E-state index < -0.39 is 24.2 Å². The lowest BCUT2D eigenvalue weighted by molar-refractivity contribution is -0.146. The molecule has 38 heavy (non-hydrogen) atoms. The zero-order valence-corrected chi connectivity index (χ0v) is 21.5. The molecule has 0 bridgehead atoms. The van der Waals surface area contributed by atoms with Gasteiger partial charge in [0, 0.05) is 32.0 Å². The summed E-state index contributed by atoms with van der Waals surface area (Å²) < 4.78 is 0. The Morgan fingerprint density at radius 3 is 2.32 bits per heavy atom. The molecule has 2 heterocycles. The Morgan fingerprint density at radius 1 is 0.947 bits per heavy atom. The van der Waals surface area contributed by atoms with Crippen molar-refractivity contribution in [3.05, 3.63) is 65.7 Å². The monoisotopic (exact) mass is 520 g/mol. The van der Waals surface area contributed by atoms with E-state index in [9.17, 15) is 24.3 Å². The lowest BCUT2D eigenvalue weighted by Gasteiger charge is -2.32. The van der Waals surface area contributed by atoms with Crippen LogP contribution in [-0.4, -0.2) is 76.2 Å². The number of likely N-dealkylation sites (tertiary alicyclic amines) is 2. The summed E-state index contributed by atoms with van der Waals surface area (Å²) in [7, 11) is 0. The highest BCUT2D eigenvalue weighted by Gasteiger charge is 2.41. The SMILES string of the molecule is NC(CC(=O)NC(Cc1ccccc1)C(=O)N1CCCC1C(=O)N1CCCC1C=O)Cc1ccc(O)cc1. The Hall–Kier alpha value is -3.72. The van der Waals surface area contributed by atoms with Gasteiger partial charge in [0.15, 0.2) is 0 Å². The number of nitrogens with two attached hydrogens (primary N) is 1. The Labute approximate surface area is 223 Å². The lowest BCUT2D eigenvalue weighted by Crippen LogP contribution is -2.55. The summed E-state index contributed by atoms with van der Waals surface area (Å²) in [5.74, 6) is -0.668. The minimum absolute atomic E-state index is 0.0244. The number of nitrogens with one attached hydrogen (secondary N) is 1. The summed E-state index contributed by atoms with van der Waals surface area (Å²) >= 11 is 0. The van der Waals surface area contributed by atoms with Gasteiger partial charge in [-0.15, -0.1) is 0 Å². The number of phenolic OH excluding ortho intramolecular Hbond substituents is 1. The van der Waals surface area contributed by atoms with Gasteiger partial charge in [0.05, 0.1) is 6.04 Å². The third kappa shape index (κ3) is 6.77. The van der Waals surface area contributed by atoms with E-state index in [4.69, 9.17) is 5.73 Å². The average Bonchev–Trinajstić information content (AvgIpc) is 3.59. The van der Waals surface area contributed by atoms with Crippen molar-refractivity contribution in [3.63, 3.8) is 0 Å². The number of aldehydes is 1. The zero-order valence-electron chi connectivity index (χ0n) is 21.5. The second-order valence-corrected chi connectivity index (χ2v) is 10.2. The molecule has 2 aromatic carbocycles. The lowest BCUT2D eigenvalue weighted by atomic mass is 10.0. The van der Waals surface area contributed by atoms with Crippen LogP contribution in [0.4, 0.5) is 0 Å². The van der Waals surface area contributed by atoms with E-state index in [-0.39, 0.29) is 36.3 Å². The zero-order chi connectivity index (χ0) is 27.1. The number of carbonyl (C=O) groups excluding carboxylic acids is 4. The average molecular weight is 521 g/mol. The van der Waals surface area contributed by atoms with Gasteiger partial charge in [0.25, 0.3) is 0 Å². The molecule has 0 radical (unpaired) electrons. The van der Waals surface area contributed by atoms with Crippen LogP contribution in [0.2, 0.25) is 0 Å². The van der Waals surface area contributed by atoms with E-state index in [1.807, 2.05) is 30.3 Å². The van der Waals surface area contributed by atoms with Gasteiger partial charge in [-0.25, -0.2) is 0 Å². The molecule has 2 aliphatic rings. The second-order valence-electron chi connectivity index (χ2n) is 10.2. The molecule has 2 aromatic rings. The van der Waals surface area contributed by atoms with E-state index >= 15 is 0 Å². The van der Waals surface area contributed by atoms with Crippen molar-refractivity contribution in [2.45, 2.75) is 69.1 Å². The first-order valence-electron chi connectivity index (χ1n) is 13.3. The maximum Gasteiger partial charge on any atom is 0.246 e. The van der Waals surface area contributed by atoms with Crippen molar-refractivity contribution in [1.82, 2.24) is 15.1 Å². The van der Waals surface area contributed by atoms with Crippen molar-refractivity contribution in [3.8, 4) is 5.75 Å². The highest BCUT2D eigenvalue weighted by Crippen LogP contribution is 2.25. The second kappa shape index (κ2) is 12.7. The number of hydrogen-bond acceptors (Lipinski definition) is 6. The molecular weight excluding hydrogens is 484 g/mol. The quantitative estimate of drug-likeness (QED) is 0.407. The molecule has 202 valence electrons. The van der Waals surface area contributed by atoms with E-state index in [1.165, 1.54) is 0 Å². The first-order valence-corrected chi connectivity index (χ1v) is 13.3. The number of benzene rings is 2. The van der Waals surface area contributed by atoms with Gasteiger partial charge >= 0.3 is 0 Å². The number of rotatable bonds is 10. The van der Waals surface area contributed by atoms with Crippen LogP contribution in [0.5, 0.6) is 5.75 Å². The van der Waals surface area contributed by atoms with Crippen LogP contribution < -0.4 is 11.1 Å². The van der Waals surface area contributed by atoms with Crippen molar-refractivity contribution in [2.75, 3.05) is 13.1 Å². The van der Waals surface area contributed by atoms with Gasteiger partial charge in [-0.2, -0.15) is 0 Å². The fourth-order valence-electron chi connectivity index (χ4n) is 5.43. The fraction of sp³-hybridized carbons (Fsp3) is 0.448. The molecule has 9 heteroatoms. The van der Waals surface area contributed by atoms with Gasteiger partial charge in [0.2, 0.25) is 17.7 Å². The molecule has 4 rings (SSSR count). The number of carbonyl (C=O) groups is 4. The standard InChI is InChI=1S/C29H36N4O5/c30-22(16-21-10-12-24(35)13-11-21)18-27(36)31-25(17-20-6-2-1-3-7-20)28(37)33-15-5-9-26(33)29(38)32-14-4-8-23(32)19-34/h1-3,6-7,10-13,19,22-23,25-26,35H,4-5,8-9,14-18,30H2,(H,31,36). The van der Waals surface area contributed by atoms with E-state index in [0.717, 1.165) is 23.8 Å². The Balaban J connectivity index is 1.45. The topological polar surface area (TPSA) is 133 Å². The Bertz CT molecular complexity index is 1120. The molecule has 4 unspecified atom stereocenters. The summed E-state index contributed by atoms with van der Waals surface area (Å²) in [6.07, 6.45) is 4.21. The number of aromatic hydroxyl groups is 1. The number of nitrogens with zero attached hydrogens (tertiary/aromatic N) is 2. The maximum absolute atomic E-state index is 13.8. The third-order valence-corrected chi connectivity index (χ3v) is 7.36. The Morgan fingerprint density at radius 2 is 1.61 bits per heavy atom. The van der Waals surface area contributed by atoms with Crippen LogP contribution in [0.15, 0.2) is 54.6 Å². The van der Waals surface area contributed by atoms with Gasteiger partial charge in [-0.05, 0) is 55.4 Å². The highest BCUT2D eigenvalue weighted by atomic mass is 16.3. The van der Waals surface area contributed by atoms with Gasteiger partial charge in [-0.3, -0.25) is 14.4 Å². The van der Waals surface area contributed by atoms with Crippen LogP contribution in [0.25, 0.3) is 0 Å². The van der Waals surface area contributed by atoms with Crippen molar-refractivity contribution >= 4 is 24.0 Å². The van der Waals surface area contributed by atoms with Gasteiger partial charge < -0.3 is 30.8 Å². The Kier molecular flexibility index (Phi) is 9.12. The van der Waals surface area contributed by atoms with E-state index in [1.54, 1.807) is 34.1 Å². The number of phenols is 1. The van der Waals surface area contributed by atoms with Crippen molar-refractivity contribution in [2.24, 2.45) is 5.73 Å². The van der Waals surface area contributed by atoms with Gasteiger partial charge in [-0.1, -0.05) is 42.5 Å². The summed E-state index contributed by atoms with van der Waals surface area (Å²) in [5.41, 5.74) is 8.02. The maximum atomic E-state index is 13.8. The molecule has 4 N–H and O–H groups in total. The fourth-order valence-corrected chi connectivity index (χ4v) is 5.43. The van der Waals surface area contributed by atoms with Crippen LogP contribution in [0.3, 0.4) is 0 Å². The minimum atomic E-state index is -0.848. The molecule has 3 amide bonds. The predicted molar refractivity (Wildman–Crippen MR) is 142 cm³/mol. The molecule has 9 nitrogen and oxygen atoms in total. The summed E-state index contributed by atoms with van der Waals surface area (Å²) in [5, 5.41) is 12.4. The normalized spacial score (nSPS) is 20.7. The van der Waals surface area contributed by atoms with Crippen LogP contribution in [0.1, 0.15) is 43.2 Å². The third-order valence-electron chi connectivity index (χ3n) is 7.36. The summed E-state index contributed by atoms with van der Waals surface area (Å²) in [6.45, 7) is 0.945. The molecule has 4 atom stereocenters. The molecule has 0 aliphatic carbocycles. The first kappa shape index (κ1) is 27.3. The van der Waals surface area contributed by atoms with Crippen LogP contribution in [0, 0.1) is 0 Å². The smallest absolute Gasteiger partial charge is 0.246 e. The van der Waals surface area contributed by atoms with Crippen LogP contribution >= 0.6 is 0 Å². The number of amides is 3. The molecule has 0 aromatic heterocycles. The molecule has 2 saturated heterocycles. The molecule has 2 aliphatic heterocycles. The van der Waals surface area contributed by atoms with Gasteiger partial charge in [0.1, 0.15) is 24.1 Å². The molecule has 0 spiro atoms. The first-order chi connectivity index (χ1) is 18.4. The largest absolute Gasteiger partial charge is 0.508 e. The summed E-state index contributed by atoms with van der Waals surface area (Å²) in [4.78, 5) is 54.8. The molecule has 2 fully saturated rings. The van der Waals surface area contributed by atoms with Crippen molar-refractivity contribution < 1.29 is 24.3 Å². The van der Waals surface area contributed by atoms with E-state index in [2.05, 4.69) is 5.32 Å². The van der Waals surface area contributed by atoms with Crippen molar-refractivity contribution in [1.29, 1.82) is 0 Å².